The molecule has 2 aromatic carbocycles. The number of rotatable bonds is 8. The Morgan fingerprint density at radius 1 is 1.16 bits per heavy atom. The fraction of sp³-hybridized carbons (Fsp3) is 0.286. The molecule has 1 aliphatic carbocycles. The zero-order valence-corrected chi connectivity index (χ0v) is 23.5. The lowest BCUT2D eigenvalue weighted by Crippen LogP contribution is -2.48. The Morgan fingerprint density at radius 3 is 2.52 bits per heavy atom. The Balaban J connectivity index is 1.26. The summed E-state index contributed by atoms with van der Waals surface area (Å²) in [6, 6.07) is 12.5. The number of nitrogens with one attached hydrogen (secondary N) is 3. The van der Waals surface area contributed by atoms with Gasteiger partial charge >= 0.3 is 18.3 Å². The Kier molecular flexibility index (Phi) is 7.57. The number of carbonyl (C=O) groups is 1. The number of carbonyl (C=O) groups excluding carboxylic acids is 1. The number of alkyl halides is 3. The number of aromatic nitrogens is 5. The molecular formula is C28H24ClF4N9O2. The van der Waals surface area contributed by atoms with E-state index in [1.807, 2.05) is 29.6 Å². The summed E-state index contributed by atoms with van der Waals surface area (Å²) < 4.78 is 60.7. The molecule has 0 radical (unpaired) electrons. The molecule has 1 saturated heterocycles. The molecule has 0 bridgehead atoms. The van der Waals surface area contributed by atoms with Crippen LogP contribution in [0.25, 0.3) is 17.1 Å². The number of guanidine groups is 1. The molecule has 2 fully saturated rings. The molecule has 16 heteroatoms. The number of amides is 1. The summed E-state index contributed by atoms with van der Waals surface area (Å²) in [5, 5.41) is 17.8. The van der Waals surface area contributed by atoms with Crippen LogP contribution in [0.4, 0.5) is 22.4 Å². The van der Waals surface area contributed by atoms with Gasteiger partial charge in [-0.2, -0.15) is 32.3 Å². The standard InChI is InChI=1S/C28H24ClF4N9O2/c29-19-7-6-18(12-21(19)42-24(30)37-15-38-42)22(14-44-26(43)40-27(8-9-27)28(31,32)33)41-13-20(39-25(41)34)16-2-4-17(5-3-16)23-35-10-1-11-36-23/h1-7,10-12,15,20,22H,8-9,13-14H2,(H2,34,39)(H,40,43)/t20-,22+/m0/s1. The van der Waals surface area contributed by atoms with Gasteiger partial charge in [-0.05, 0) is 42.2 Å². The fourth-order valence-electron chi connectivity index (χ4n) is 5.01. The van der Waals surface area contributed by atoms with E-state index in [2.05, 4.69) is 25.4 Å². The second-order valence-corrected chi connectivity index (χ2v) is 10.8. The lowest BCUT2D eigenvalue weighted by Gasteiger charge is -2.29. The van der Waals surface area contributed by atoms with Gasteiger partial charge in [0.1, 0.15) is 18.5 Å². The van der Waals surface area contributed by atoms with E-state index in [0.29, 0.717) is 11.4 Å². The van der Waals surface area contributed by atoms with Gasteiger partial charge in [0.25, 0.3) is 0 Å². The summed E-state index contributed by atoms with van der Waals surface area (Å²) in [7, 11) is 0. The molecule has 2 aliphatic rings. The van der Waals surface area contributed by atoms with Crippen LogP contribution in [0.1, 0.15) is 36.1 Å². The normalized spacial score (nSPS) is 18.1. The number of hydrogen-bond donors (Lipinski definition) is 3. The highest BCUT2D eigenvalue weighted by Gasteiger charge is 2.64. The van der Waals surface area contributed by atoms with Crippen molar-refractivity contribution in [3.63, 3.8) is 0 Å². The summed E-state index contributed by atoms with van der Waals surface area (Å²) >= 11 is 6.33. The van der Waals surface area contributed by atoms with E-state index >= 15 is 0 Å². The molecular weight excluding hydrogens is 606 g/mol. The number of hydrogen-bond acceptors (Lipinski definition) is 7. The molecule has 6 rings (SSSR count). The smallest absolute Gasteiger partial charge is 0.411 e. The number of alkyl carbamates (subject to hydrolysis) is 1. The molecule has 1 amide bonds. The third kappa shape index (κ3) is 5.74. The SMILES string of the molecule is N=C1N[C@H](c2ccc(-c3ncccn3)cc2)CN1[C@H](COC(=O)NC1(C(F)(F)F)CC1)c1ccc(Cl)c(-n2ncnc2F)c1. The zero-order valence-electron chi connectivity index (χ0n) is 22.7. The van der Waals surface area contributed by atoms with Gasteiger partial charge in [0, 0.05) is 24.5 Å². The van der Waals surface area contributed by atoms with E-state index < -0.39 is 36.5 Å². The number of halogens is 5. The second-order valence-electron chi connectivity index (χ2n) is 10.4. The highest BCUT2D eigenvalue weighted by atomic mass is 35.5. The Hall–Kier alpha value is -4.79. The van der Waals surface area contributed by atoms with Crippen molar-refractivity contribution in [3.05, 3.63) is 89.5 Å². The summed E-state index contributed by atoms with van der Waals surface area (Å²) in [5.74, 6) is 0.543. The van der Waals surface area contributed by atoms with E-state index in [9.17, 15) is 22.4 Å². The summed E-state index contributed by atoms with van der Waals surface area (Å²) in [5.41, 5.74) is -0.0827. The molecule has 0 spiro atoms. The minimum Gasteiger partial charge on any atom is -0.447 e. The predicted molar refractivity (Wildman–Crippen MR) is 149 cm³/mol. The van der Waals surface area contributed by atoms with Crippen molar-refractivity contribution in [2.45, 2.75) is 36.6 Å². The van der Waals surface area contributed by atoms with Gasteiger partial charge in [0.15, 0.2) is 11.8 Å². The molecule has 0 unspecified atom stereocenters. The third-order valence-corrected chi connectivity index (χ3v) is 7.91. The van der Waals surface area contributed by atoms with Crippen LogP contribution in [-0.2, 0) is 4.74 Å². The monoisotopic (exact) mass is 629 g/mol. The second kappa shape index (κ2) is 11.4. The van der Waals surface area contributed by atoms with Crippen LogP contribution in [0.3, 0.4) is 0 Å². The minimum absolute atomic E-state index is 0.0168. The van der Waals surface area contributed by atoms with Gasteiger partial charge in [0.05, 0.1) is 22.8 Å². The average Bonchev–Trinajstić information content (AvgIpc) is 3.53. The molecule has 3 N–H and O–H groups in total. The van der Waals surface area contributed by atoms with Crippen LogP contribution in [-0.4, -0.2) is 66.6 Å². The molecule has 11 nitrogen and oxygen atoms in total. The first-order valence-electron chi connectivity index (χ1n) is 13.4. The summed E-state index contributed by atoms with van der Waals surface area (Å²) in [6.07, 6.45) is -2.96. The first-order chi connectivity index (χ1) is 21.0. The van der Waals surface area contributed by atoms with E-state index in [1.165, 1.54) is 12.1 Å². The topological polar surface area (TPSA) is 134 Å². The van der Waals surface area contributed by atoms with Gasteiger partial charge in [-0.3, -0.25) is 5.41 Å². The summed E-state index contributed by atoms with van der Waals surface area (Å²) in [6.45, 7) is -0.195. The first kappa shape index (κ1) is 29.3. The fourth-order valence-corrected chi connectivity index (χ4v) is 5.21. The molecule has 228 valence electrons. The molecule has 2 aromatic heterocycles. The first-order valence-corrected chi connectivity index (χ1v) is 13.8. The maximum absolute atomic E-state index is 14.3. The van der Waals surface area contributed by atoms with Crippen LogP contribution in [0.15, 0.2) is 67.3 Å². The lowest BCUT2D eigenvalue weighted by molar-refractivity contribution is -0.164. The number of benzene rings is 2. The third-order valence-electron chi connectivity index (χ3n) is 7.59. The molecule has 1 saturated carbocycles. The van der Waals surface area contributed by atoms with Crippen molar-refractivity contribution in [1.29, 1.82) is 5.41 Å². The highest BCUT2D eigenvalue weighted by Crippen LogP contribution is 2.49. The van der Waals surface area contributed by atoms with Crippen molar-refractivity contribution >= 4 is 23.7 Å². The largest absolute Gasteiger partial charge is 0.447 e. The van der Waals surface area contributed by atoms with Crippen molar-refractivity contribution in [2.24, 2.45) is 0 Å². The van der Waals surface area contributed by atoms with Crippen LogP contribution >= 0.6 is 11.6 Å². The van der Waals surface area contributed by atoms with Crippen molar-refractivity contribution < 1.29 is 27.1 Å². The van der Waals surface area contributed by atoms with Gasteiger partial charge in [-0.15, -0.1) is 0 Å². The van der Waals surface area contributed by atoms with Gasteiger partial charge in [0.2, 0.25) is 0 Å². The van der Waals surface area contributed by atoms with Crippen molar-refractivity contribution in [2.75, 3.05) is 13.2 Å². The van der Waals surface area contributed by atoms with Crippen molar-refractivity contribution in [1.82, 2.24) is 40.3 Å². The molecule has 2 atom stereocenters. The summed E-state index contributed by atoms with van der Waals surface area (Å²) in [4.78, 5) is 26.1. The quantitative estimate of drug-likeness (QED) is 0.233. The van der Waals surface area contributed by atoms with Crippen LogP contribution in [0.2, 0.25) is 5.02 Å². The number of ether oxygens (including phenoxy) is 1. The zero-order chi connectivity index (χ0) is 31.1. The van der Waals surface area contributed by atoms with Crippen molar-refractivity contribution in [3.8, 4) is 17.1 Å². The maximum atomic E-state index is 14.3. The Labute approximate surface area is 252 Å². The van der Waals surface area contributed by atoms with Crippen LogP contribution < -0.4 is 10.6 Å². The maximum Gasteiger partial charge on any atom is 0.411 e. The predicted octanol–water partition coefficient (Wildman–Crippen LogP) is 4.96. The Bertz CT molecular complexity index is 1680. The lowest BCUT2D eigenvalue weighted by atomic mass is 10.0. The molecule has 1 aliphatic heterocycles. The van der Waals surface area contributed by atoms with E-state index in [4.69, 9.17) is 21.7 Å². The van der Waals surface area contributed by atoms with Gasteiger partial charge in [-0.25, -0.2) is 14.8 Å². The van der Waals surface area contributed by atoms with E-state index in [0.717, 1.165) is 22.1 Å². The van der Waals surface area contributed by atoms with Crippen LogP contribution in [0, 0.1) is 11.5 Å². The van der Waals surface area contributed by atoms with Gasteiger partial charge < -0.3 is 20.3 Å². The minimum atomic E-state index is -4.62. The number of nitrogens with zero attached hydrogens (tertiary/aromatic N) is 6. The molecule has 44 heavy (non-hydrogen) atoms. The van der Waals surface area contributed by atoms with Gasteiger partial charge in [-0.1, -0.05) is 41.9 Å². The van der Waals surface area contributed by atoms with Crippen LogP contribution in [0.5, 0.6) is 0 Å². The highest BCUT2D eigenvalue weighted by molar-refractivity contribution is 6.32. The van der Waals surface area contributed by atoms with E-state index in [-0.39, 0.29) is 42.1 Å². The van der Waals surface area contributed by atoms with E-state index in [1.54, 1.807) is 29.4 Å². The molecule has 3 heterocycles. The average molecular weight is 630 g/mol. The molecule has 4 aromatic rings. The Morgan fingerprint density at radius 2 is 1.89 bits per heavy atom.